The van der Waals surface area contributed by atoms with Gasteiger partial charge in [0.05, 0.1) is 30.4 Å². The minimum atomic E-state index is -0.523. The highest BCUT2D eigenvalue weighted by molar-refractivity contribution is 6.09. The van der Waals surface area contributed by atoms with Crippen molar-refractivity contribution in [3.05, 3.63) is 78.8 Å². The van der Waals surface area contributed by atoms with Gasteiger partial charge in [0, 0.05) is 56.0 Å². The molecule has 1 aliphatic heterocycles. The molecule has 1 saturated heterocycles. The van der Waals surface area contributed by atoms with Crippen molar-refractivity contribution in [2.45, 2.75) is 19.1 Å². The van der Waals surface area contributed by atoms with E-state index in [0.29, 0.717) is 31.1 Å². The molecule has 2 aromatic heterocycles. The topological polar surface area (TPSA) is 150 Å². The van der Waals surface area contributed by atoms with Gasteiger partial charge < -0.3 is 25.0 Å². The van der Waals surface area contributed by atoms with Crippen molar-refractivity contribution in [1.82, 2.24) is 24.6 Å². The molecule has 3 heterocycles. The third-order valence-corrected chi connectivity index (χ3v) is 6.74. The van der Waals surface area contributed by atoms with Crippen LogP contribution in [0.2, 0.25) is 0 Å². The number of aromatic nitrogens is 4. The molecule has 41 heavy (non-hydrogen) atoms. The van der Waals surface area contributed by atoms with Crippen LogP contribution in [0.5, 0.6) is 11.8 Å². The van der Waals surface area contributed by atoms with Gasteiger partial charge in [-0.1, -0.05) is 30.8 Å². The fraction of sp³-hybridized carbons (Fsp3) is 0.241. The molecule has 1 fully saturated rings. The lowest BCUT2D eigenvalue weighted by Gasteiger charge is -2.40. The molecule has 12 heteroatoms. The van der Waals surface area contributed by atoms with Gasteiger partial charge in [-0.15, -0.1) is 0 Å². The number of piperazine rings is 1. The van der Waals surface area contributed by atoms with Crippen LogP contribution in [0.3, 0.4) is 0 Å². The SMILES string of the molecule is C=CC(=O)N1CCN(c2cc(C(=O)Nc3cc(O)cc4ccccc34)nc(OCc3cnn(C)c3)n2)C[C@@H]1CC#N. The molecule has 0 unspecified atom stereocenters. The van der Waals surface area contributed by atoms with E-state index in [4.69, 9.17) is 4.74 Å². The van der Waals surface area contributed by atoms with E-state index in [1.807, 2.05) is 29.2 Å². The van der Waals surface area contributed by atoms with Gasteiger partial charge in [-0.2, -0.15) is 20.3 Å². The zero-order chi connectivity index (χ0) is 28.9. The lowest BCUT2D eigenvalue weighted by atomic mass is 10.1. The number of rotatable bonds is 8. The third kappa shape index (κ3) is 6.09. The summed E-state index contributed by atoms with van der Waals surface area (Å²) >= 11 is 0. The molecule has 0 bridgehead atoms. The van der Waals surface area contributed by atoms with Gasteiger partial charge >= 0.3 is 6.01 Å². The smallest absolute Gasteiger partial charge is 0.319 e. The Bertz CT molecular complexity index is 1660. The Morgan fingerprint density at radius 2 is 2.07 bits per heavy atom. The summed E-state index contributed by atoms with van der Waals surface area (Å²) in [4.78, 5) is 38.3. The number of hydrogen-bond donors (Lipinski definition) is 2. The highest BCUT2D eigenvalue weighted by Gasteiger charge is 2.30. The zero-order valence-corrected chi connectivity index (χ0v) is 22.4. The Labute approximate surface area is 236 Å². The van der Waals surface area contributed by atoms with Crippen molar-refractivity contribution in [3.8, 4) is 17.8 Å². The maximum Gasteiger partial charge on any atom is 0.319 e. The predicted octanol–water partition coefficient (Wildman–Crippen LogP) is 3.02. The number of aryl methyl sites for hydroxylation is 1. The number of phenols is 1. The highest BCUT2D eigenvalue weighted by Crippen LogP contribution is 2.29. The van der Waals surface area contributed by atoms with Crippen molar-refractivity contribution in [1.29, 1.82) is 5.26 Å². The maximum atomic E-state index is 13.5. The summed E-state index contributed by atoms with van der Waals surface area (Å²) in [6.45, 7) is 4.79. The molecule has 2 amide bonds. The number of amides is 2. The molecule has 4 aromatic rings. The molecular weight excluding hydrogens is 524 g/mol. The Balaban J connectivity index is 1.46. The number of hydrogen-bond acceptors (Lipinski definition) is 9. The molecule has 1 atom stereocenters. The number of anilines is 2. The quantitative estimate of drug-likeness (QED) is 0.315. The van der Waals surface area contributed by atoms with Gasteiger partial charge in [0.2, 0.25) is 5.91 Å². The lowest BCUT2D eigenvalue weighted by molar-refractivity contribution is -0.128. The van der Waals surface area contributed by atoms with E-state index in [9.17, 15) is 20.0 Å². The summed E-state index contributed by atoms with van der Waals surface area (Å²) in [5, 5.41) is 28.1. The van der Waals surface area contributed by atoms with Crippen LogP contribution >= 0.6 is 0 Å². The van der Waals surface area contributed by atoms with E-state index >= 15 is 0 Å². The molecule has 5 rings (SSSR count). The second-order valence-corrected chi connectivity index (χ2v) is 9.57. The lowest BCUT2D eigenvalue weighted by Crippen LogP contribution is -2.55. The number of aromatic hydroxyl groups is 1. The molecule has 2 aromatic carbocycles. The summed E-state index contributed by atoms with van der Waals surface area (Å²) in [6.07, 6.45) is 4.83. The fourth-order valence-electron chi connectivity index (χ4n) is 4.79. The molecule has 0 aliphatic carbocycles. The Kier molecular flexibility index (Phi) is 7.78. The number of nitriles is 1. The molecule has 0 spiro atoms. The first-order valence-electron chi connectivity index (χ1n) is 12.9. The van der Waals surface area contributed by atoms with Gasteiger partial charge in [-0.3, -0.25) is 14.3 Å². The largest absolute Gasteiger partial charge is 0.508 e. The van der Waals surface area contributed by atoms with Crippen molar-refractivity contribution in [2.75, 3.05) is 29.9 Å². The van der Waals surface area contributed by atoms with E-state index in [0.717, 1.165) is 16.3 Å². The average molecular weight is 553 g/mol. The molecule has 0 radical (unpaired) electrons. The van der Waals surface area contributed by atoms with Gasteiger partial charge in [-0.05, 0) is 17.5 Å². The van der Waals surface area contributed by atoms with Crippen LogP contribution in [0, 0.1) is 11.3 Å². The standard InChI is InChI=1S/C29H28N8O4/c1-3-27(39)37-11-10-36(17-21(37)8-9-30)26-14-25(33-29(34-26)41-18-19-15-31-35(2)16-19)28(40)32-24-13-22(38)12-20-6-4-5-7-23(20)24/h3-7,12-16,21,38H,1,8,10-11,17-18H2,2H3,(H,32,40)/t21-/m0/s1. The van der Waals surface area contributed by atoms with E-state index in [2.05, 4.69) is 33.0 Å². The number of ether oxygens (including phenoxy) is 1. The fourth-order valence-corrected chi connectivity index (χ4v) is 4.79. The van der Waals surface area contributed by atoms with Crippen molar-refractivity contribution < 1.29 is 19.4 Å². The number of carbonyl (C=O) groups excluding carboxylic acids is 2. The summed E-state index contributed by atoms with van der Waals surface area (Å²) in [6, 6.07) is 13.8. The molecule has 0 saturated carbocycles. The summed E-state index contributed by atoms with van der Waals surface area (Å²) in [5.41, 5.74) is 1.27. The van der Waals surface area contributed by atoms with Crippen molar-refractivity contribution in [3.63, 3.8) is 0 Å². The Morgan fingerprint density at radius 3 is 2.83 bits per heavy atom. The van der Waals surface area contributed by atoms with Gasteiger partial charge in [-0.25, -0.2) is 0 Å². The van der Waals surface area contributed by atoms with Crippen molar-refractivity contribution >= 4 is 34.1 Å². The number of benzene rings is 2. The maximum absolute atomic E-state index is 13.5. The number of fused-ring (bicyclic) bond motifs is 1. The average Bonchev–Trinajstić information content (AvgIpc) is 3.40. The first kappa shape index (κ1) is 27.1. The first-order chi connectivity index (χ1) is 19.8. The second-order valence-electron chi connectivity index (χ2n) is 9.57. The van der Waals surface area contributed by atoms with E-state index in [1.54, 1.807) is 41.2 Å². The monoisotopic (exact) mass is 552 g/mol. The Morgan fingerprint density at radius 1 is 1.24 bits per heavy atom. The van der Waals surface area contributed by atoms with E-state index in [1.165, 1.54) is 12.1 Å². The van der Waals surface area contributed by atoms with E-state index in [-0.39, 0.29) is 42.4 Å². The minimum Gasteiger partial charge on any atom is -0.508 e. The van der Waals surface area contributed by atoms with Crippen LogP contribution in [0.1, 0.15) is 22.5 Å². The number of nitrogens with zero attached hydrogens (tertiary/aromatic N) is 7. The number of phenolic OH excluding ortho intramolecular Hbond substituents is 1. The summed E-state index contributed by atoms with van der Waals surface area (Å²) in [5.74, 6) is -0.338. The van der Waals surface area contributed by atoms with Crippen LogP contribution in [-0.4, -0.2) is 67.2 Å². The second kappa shape index (κ2) is 11.7. The van der Waals surface area contributed by atoms with Crippen LogP contribution < -0.4 is 15.0 Å². The van der Waals surface area contributed by atoms with Crippen LogP contribution in [-0.2, 0) is 18.4 Å². The molecular formula is C29H28N8O4. The molecule has 12 nitrogen and oxygen atoms in total. The molecule has 2 N–H and O–H groups in total. The Hall–Kier alpha value is -5.44. The van der Waals surface area contributed by atoms with Gasteiger partial charge in [0.25, 0.3) is 5.91 Å². The number of nitrogens with one attached hydrogen (secondary N) is 1. The van der Waals surface area contributed by atoms with Crippen molar-refractivity contribution in [2.24, 2.45) is 7.05 Å². The molecule has 208 valence electrons. The first-order valence-corrected chi connectivity index (χ1v) is 12.9. The number of carbonyl (C=O) groups is 2. The predicted molar refractivity (Wildman–Crippen MR) is 151 cm³/mol. The normalized spacial score (nSPS) is 14.9. The van der Waals surface area contributed by atoms with Crippen LogP contribution in [0.15, 0.2) is 67.5 Å². The summed E-state index contributed by atoms with van der Waals surface area (Å²) < 4.78 is 7.51. The third-order valence-electron chi connectivity index (χ3n) is 6.74. The van der Waals surface area contributed by atoms with Gasteiger partial charge in [0.1, 0.15) is 23.9 Å². The van der Waals surface area contributed by atoms with Crippen LogP contribution in [0.4, 0.5) is 11.5 Å². The summed E-state index contributed by atoms with van der Waals surface area (Å²) in [7, 11) is 1.79. The molecule has 1 aliphatic rings. The highest BCUT2D eigenvalue weighted by atomic mass is 16.5. The van der Waals surface area contributed by atoms with Crippen LogP contribution in [0.25, 0.3) is 10.8 Å². The zero-order valence-electron chi connectivity index (χ0n) is 22.4. The van der Waals surface area contributed by atoms with E-state index < -0.39 is 5.91 Å². The van der Waals surface area contributed by atoms with Gasteiger partial charge in [0.15, 0.2) is 0 Å². The minimum absolute atomic E-state index is 0.0124.